The van der Waals surface area contributed by atoms with Crippen LogP contribution in [0.2, 0.25) is 0 Å². The first-order chi connectivity index (χ1) is 8.90. The normalized spacial score (nSPS) is 27.8. The molecule has 2 fully saturated rings. The number of rotatable bonds is 6. The van der Waals surface area contributed by atoms with Crippen molar-refractivity contribution in [1.29, 1.82) is 0 Å². The van der Waals surface area contributed by atoms with Crippen molar-refractivity contribution in [3.05, 3.63) is 0 Å². The van der Waals surface area contributed by atoms with E-state index in [9.17, 15) is 13.2 Å². The molecule has 2 rings (SSSR count). The maximum absolute atomic E-state index is 12.0. The summed E-state index contributed by atoms with van der Waals surface area (Å²) in [5.41, 5.74) is 0. The average molecular weight is 290 g/mol. The zero-order chi connectivity index (χ0) is 14.0. The van der Waals surface area contributed by atoms with Crippen LogP contribution in [0.1, 0.15) is 19.3 Å². The van der Waals surface area contributed by atoms with Gasteiger partial charge in [-0.25, -0.2) is 13.1 Å². The number of sulfonamides is 1. The van der Waals surface area contributed by atoms with Crippen molar-refractivity contribution in [3.63, 3.8) is 0 Å². The van der Waals surface area contributed by atoms with Crippen LogP contribution < -0.4 is 4.72 Å². The summed E-state index contributed by atoms with van der Waals surface area (Å²) in [5.74, 6) is 0.881. The van der Waals surface area contributed by atoms with E-state index in [-0.39, 0.29) is 17.9 Å². The summed E-state index contributed by atoms with van der Waals surface area (Å²) in [7, 11) is -1.66. The first-order valence-electron chi connectivity index (χ1n) is 6.64. The van der Waals surface area contributed by atoms with Gasteiger partial charge < -0.3 is 9.64 Å². The number of carbonyl (C=O) groups excluding carboxylic acids is 1. The molecule has 1 heterocycles. The van der Waals surface area contributed by atoms with Crippen molar-refractivity contribution in [3.8, 4) is 0 Å². The van der Waals surface area contributed by atoms with Crippen LogP contribution in [0.4, 0.5) is 0 Å². The molecule has 1 aliphatic heterocycles. The highest BCUT2D eigenvalue weighted by atomic mass is 32.2. The van der Waals surface area contributed by atoms with E-state index in [0.717, 1.165) is 12.8 Å². The van der Waals surface area contributed by atoms with E-state index in [1.54, 1.807) is 12.0 Å². The van der Waals surface area contributed by atoms with Crippen molar-refractivity contribution < 1.29 is 17.9 Å². The van der Waals surface area contributed by atoms with E-state index in [1.807, 2.05) is 0 Å². The van der Waals surface area contributed by atoms with Gasteiger partial charge in [-0.15, -0.1) is 0 Å². The van der Waals surface area contributed by atoms with Crippen molar-refractivity contribution in [2.45, 2.75) is 25.3 Å². The summed E-state index contributed by atoms with van der Waals surface area (Å²) in [6.07, 6.45) is 3.82. The fraction of sp³-hybridized carbons (Fsp3) is 0.917. The number of hydrogen-bond donors (Lipinski definition) is 1. The molecule has 1 aliphatic carbocycles. The van der Waals surface area contributed by atoms with E-state index in [1.165, 1.54) is 6.26 Å². The Kier molecular flexibility index (Phi) is 4.47. The molecule has 2 atom stereocenters. The molecule has 0 bridgehead atoms. The fourth-order valence-corrected chi connectivity index (χ4v) is 3.58. The second-order valence-corrected chi connectivity index (χ2v) is 7.32. The molecule has 1 saturated carbocycles. The first kappa shape index (κ1) is 14.7. The molecule has 0 aromatic carbocycles. The highest BCUT2D eigenvalue weighted by Gasteiger charge is 2.44. The second-order valence-electron chi connectivity index (χ2n) is 5.54. The minimum Gasteiger partial charge on any atom is -0.384 e. The highest BCUT2D eigenvalue weighted by molar-refractivity contribution is 7.88. The fourth-order valence-electron chi connectivity index (χ4n) is 2.78. The number of methoxy groups -OCH3 is 1. The monoisotopic (exact) mass is 290 g/mol. The Balaban J connectivity index is 1.97. The Bertz CT molecular complexity index is 433. The third-order valence-corrected chi connectivity index (χ3v) is 4.56. The number of ether oxygens (including phenoxy) is 1. The van der Waals surface area contributed by atoms with Crippen LogP contribution in [-0.2, 0) is 19.6 Å². The summed E-state index contributed by atoms with van der Waals surface area (Å²) in [6, 6.07) is -0.131. The molecule has 0 spiro atoms. The molecule has 0 unspecified atom stereocenters. The molecule has 110 valence electrons. The number of nitrogens with one attached hydrogen (secondary N) is 1. The number of likely N-dealkylation sites (tertiary alicyclic amines) is 1. The summed E-state index contributed by atoms with van der Waals surface area (Å²) in [4.78, 5) is 13.7. The van der Waals surface area contributed by atoms with Crippen LogP contribution in [0, 0.1) is 11.8 Å². The first-order valence-corrected chi connectivity index (χ1v) is 8.54. The van der Waals surface area contributed by atoms with Crippen LogP contribution in [0.15, 0.2) is 0 Å². The Hall–Kier alpha value is -0.660. The van der Waals surface area contributed by atoms with Gasteiger partial charge in [0.1, 0.15) is 0 Å². The average Bonchev–Trinajstić information content (AvgIpc) is 3.07. The van der Waals surface area contributed by atoms with Gasteiger partial charge in [0.25, 0.3) is 0 Å². The van der Waals surface area contributed by atoms with Gasteiger partial charge in [-0.1, -0.05) is 0 Å². The van der Waals surface area contributed by atoms with Crippen LogP contribution in [0.5, 0.6) is 0 Å². The van der Waals surface area contributed by atoms with Gasteiger partial charge in [0.2, 0.25) is 15.9 Å². The van der Waals surface area contributed by atoms with Crippen LogP contribution in [-0.4, -0.2) is 58.3 Å². The third-order valence-electron chi connectivity index (χ3n) is 3.83. The molecule has 0 aromatic rings. The largest absolute Gasteiger partial charge is 0.384 e. The van der Waals surface area contributed by atoms with E-state index in [4.69, 9.17) is 4.74 Å². The van der Waals surface area contributed by atoms with Crippen LogP contribution in [0.25, 0.3) is 0 Å². The SMILES string of the molecule is COCCC(=O)N1C[C@@H](NS(C)(=O)=O)[C@H](C2CC2)C1. The zero-order valence-corrected chi connectivity index (χ0v) is 12.3. The van der Waals surface area contributed by atoms with Crippen molar-refractivity contribution in [1.82, 2.24) is 9.62 Å². The lowest BCUT2D eigenvalue weighted by Gasteiger charge is -2.17. The van der Waals surface area contributed by atoms with Crippen LogP contribution >= 0.6 is 0 Å². The molecule has 19 heavy (non-hydrogen) atoms. The summed E-state index contributed by atoms with van der Waals surface area (Å²) >= 11 is 0. The number of carbonyl (C=O) groups is 1. The smallest absolute Gasteiger partial charge is 0.224 e. The minimum absolute atomic E-state index is 0.0466. The van der Waals surface area contributed by atoms with E-state index >= 15 is 0 Å². The molecule has 0 radical (unpaired) electrons. The molecule has 0 aromatic heterocycles. The molecular formula is C12H22N2O4S. The van der Waals surface area contributed by atoms with Crippen LogP contribution in [0.3, 0.4) is 0 Å². The topological polar surface area (TPSA) is 75.7 Å². The van der Waals surface area contributed by atoms with Crippen molar-refractivity contribution >= 4 is 15.9 Å². The summed E-state index contributed by atoms with van der Waals surface area (Å²) in [5, 5.41) is 0. The lowest BCUT2D eigenvalue weighted by Crippen LogP contribution is -2.41. The summed E-state index contributed by atoms with van der Waals surface area (Å²) < 4.78 is 30.4. The lowest BCUT2D eigenvalue weighted by molar-refractivity contribution is -0.131. The molecule has 1 saturated heterocycles. The van der Waals surface area contributed by atoms with E-state index in [2.05, 4.69) is 4.72 Å². The minimum atomic E-state index is -3.22. The zero-order valence-electron chi connectivity index (χ0n) is 11.5. The van der Waals surface area contributed by atoms with Gasteiger partial charge in [-0.3, -0.25) is 4.79 Å². The van der Waals surface area contributed by atoms with Crippen molar-refractivity contribution in [2.75, 3.05) is 33.1 Å². The molecule has 2 aliphatic rings. The predicted octanol–water partition coefficient (Wildman–Crippen LogP) is -0.191. The quantitative estimate of drug-likeness (QED) is 0.735. The number of nitrogens with zero attached hydrogens (tertiary/aromatic N) is 1. The number of hydrogen-bond acceptors (Lipinski definition) is 4. The maximum Gasteiger partial charge on any atom is 0.224 e. The third kappa shape index (κ3) is 4.15. The van der Waals surface area contributed by atoms with Gasteiger partial charge >= 0.3 is 0 Å². The number of amides is 1. The second kappa shape index (κ2) is 5.76. The van der Waals surface area contributed by atoms with Gasteiger partial charge in [-0.05, 0) is 24.7 Å². The Morgan fingerprint density at radius 3 is 2.58 bits per heavy atom. The Labute approximate surface area is 114 Å². The van der Waals surface area contributed by atoms with E-state index < -0.39 is 10.0 Å². The van der Waals surface area contributed by atoms with Gasteiger partial charge in [0.05, 0.1) is 19.3 Å². The lowest BCUT2D eigenvalue weighted by atomic mass is 9.99. The molecular weight excluding hydrogens is 268 g/mol. The van der Waals surface area contributed by atoms with Gasteiger partial charge in [0, 0.05) is 26.2 Å². The Morgan fingerprint density at radius 2 is 2.05 bits per heavy atom. The Morgan fingerprint density at radius 1 is 1.37 bits per heavy atom. The van der Waals surface area contributed by atoms with Gasteiger partial charge in [0.15, 0.2) is 0 Å². The molecule has 1 amide bonds. The molecule has 1 N–H and O–H groups in total. The summed E-state index contributed by atoms with van der Waals surface area (Å²) in [6.45, 7) is 1.56. The maximum atomic E-state index is 12.0. The standard InChI is InChI=1S/C12H22N2O4S/c1-18-6-5-12(15)14-7-10(9-3-4-9)11(8-14)13-19(2,16)17/h9-11,13H,3-8H2,1-2H3/t10-,11+/m0/s1. The predicted molar refractivity (Wildman–Crippen MR) is 71.1 cm³/mol. The highest BCUT2D eigenvalue weighted by Crippen LogP contribution is 2.41. The molecule has 7 heteroatoms. The van der Waals surface area contributed by atoms with Crippen molar-refractivity contribution in [2.24, 2.45) is 11.8 Å². The molecule has 6 nitrogen and oxygen atoms in total. The van der Waals surface area contributed by atoms with E-state index in [0.29, 0.717) is 32.0 Å². The van der Waals surface area contributed by atoms with Gasteiger partial charge in [-0.2, -0.15) is 0 Å².